The molecule has 0 fully saturated rings. The van der Waals surface area contributed by atoms with E-state index in [0.29, 0.717) is 39.0 Å². The third-order valence-electron chi connectivity index (χ3n) is 6.44. The van der Waals surface area contributed by atoms with E-state index in [4.69, 9.17) is 19.2 Å². The highest BCUT2D eigenvalue weighted by molar-refractivity contribution is 7.99. The molecule has 0 saturated heterocycles. The number of aryl methyl sites for hydroxylation is 2. The van der Waals surface area contributed by atoms with Crippen molar-refractivity contribution in [1.29, 1.82) is 0 Å². The first-order chi connectivity index (χ1) is 19.0. The van der Waals surface area contributed by atoms with Crippen LogP contribution in [0.1, 0.15) is 28.8 Å². The Kier molecular flexibility index (Phi) is 8.18. The summed E-state index contributed by atoms with van der Waals surface area (Å²) >= 11 is 2.79. The Bertz CT molecular complexity index is 1570. The van der Waals surface area contributed by atoms with E-state index in [2.05, 4.69) is 10.5 Å². The number of hydrogen-bond donors (Lipinski definition) is 1. The van der Waals surface area contributed by atoms with E-state index in [0.717, 1.165) is 36.1 Å². The SMILES string of the molecule is COc1cc(OC)c(C=NNC(=O)CSc2nc3sc4c(c3c(=O)n2-c2ccccc2)CCCC4)c(OC)c1. The van der Waals surface area contributed by atoms with E-state index in [1.54, 1.807) is 35.1 Å². The van der Waals surface area contributed by atoms with Gasteiger partial charge in [0.05, 0.1) is 49.9 Å². The van der Waals surface area contributed by atoms with Gasteiger partial charge in [0.25, 0.3) is 11.5 Å². The van der Waals surface area contributed by atoms with E-state index in [1.165, 1.54) is 37.1 Å². The maximum atomic E-state index is 13.8. The van der Waals surface area contributed by atoms with Gasteiger partial charge in [-0.2, -0.15) is 5.10 Å². The quantitative estimate of drug-likeness (QED) is 0.137. The molecule has 0 atom stereocenters. The van der Waals surface area contributed by atoms with Crippen molar-refractivity contribution in [3.05, 3.63) is 68.8 Å². The number of hydrogen-bond acceptors (Lipinski definition) is 9. The Morgan fingerprint density at radius 3 is 2.51 bits per heavy atom. The van der Waals surface area contributed by atoms with Crippen LogP contribution in [0.25, 0.3) is 15.9 Å². The van der Waals surface area contributed by atoms with Gasteiger partial charge in [-0.3, -0.25) is 14.2 Å². The second kappa shape index (κ2) is 11.9. The molecule has 1 aliphatic carbocycles. The number of thioether (sulfide) groups is 1. The number of ether oxygens (including phenoxy) is 3. The number of carbonyl (C=O) groups is 1. The van der Waals surface area contributed by atoms with Crippen molar-refractivity contribution in [2.45, 2.75) is 30.8 Å². The van der Waals surface area contributed by atoms with Crippen LogP contribution in [0.2, 0.25) is 0 Å². The first-order valence-corrected chi connectivity index (χ1v) is 14.2. The Labute approximate surface area is 233 Å². The Hall–Kier alpha value is -3.83. The summed E-state index contributed by atoms with van der Waals surface area (Å²) in [6, 6.07) is 12.8. The van der Waals surface area contributed by atoms with Crippen molar-refractivity contribution in [3.8, 4) is 22.9 Å². The number of amides is 1. The maximum absolute atomic E-state index is 13.8. The topological polar surface area (TPSA) is 104 Å². The summed E-state index contributed by atoms with van der Waals surface area (Å²) in [6.07, 6.45) is 5.55. The van der Waals surface area contributed by atoms with Crippen molar-refractivity contribution in [1.82, 2.24) is 15.0 Å². The molecule has 0 saturated carbocycles. The first-order valence-electron chi connectivity index (χ1n) is 12.4. The number of hydrazone groups is 1. The molecule has 39 heavy (non-hydrogen) atoms. The van der Waals surface area contributed by atoms with Crippen molar-refractivity contribution in [2.24, 2.45) is 5.10 Å². The molecule has 0 spiro atoms. The molecule has 11 heteroatoms. The van der Waals surface area contributed by atoms with E-state index in [9.17, 15) is 9.59 Å². The van der Waals surface area contributed by atoms with Gasteiger partial charge in [0, 0.05) is 17.0 Å². The molecule has 5 rings (SSSR count). The van der Waals surface area contributed by atoms with Crippen LogP contribution < -0.4 is 25.2 Å². The van der Waals surface area contributed by atoms with Gasteiger partial charge in [-0.05, 0) is 43.4 Å². The molecule has 0 aliphatic heterocycles. The molecule has 2 aromatic heterocycles. The highest BCUT2D eigenvalue weighted by atomic mass is 32.2. The zero-order valence-corrected chi connectivity index (χ0v) is 23.5. The van der Waals surface area contributed by atoms with Crippen LogP contribution in [-0.4, -0.2) is 48.8 Å². The zero-order chi connectivity index (χ0) is 27.4. The number of fused-ring (bicyclic) bond motifs is 3. The Morgan fingerprint density at radius 2 is 1.82 bits per heavy atom. The van der Waals surface area contributed by atoms with Crippen LogP contribution >= 0.6 is 23.1 Å². The van der Waals surface area contributed by atoms with Gasteiger partial charge < -0.3 is 14.2 Å². The number of carbonyl (C=O) groups excluding carboxylic acids is 1. The number of rotatable bonds is 9. The molecule has 1 N–H and O–H groups in total. The molecule has 1 amide bonds. The van der Waals surface area contributed by atoms with Crippen molar-refractivity contribution >= 4 is 45.4 Å². The van der Waals surface area contributed by atoms with Crippen LogP contribution in [0.3, 0.4) is 0 Å². The summed E-state index contributed by atoms with van der Waals surface area (Å²) in [5, 5.41) is 5.27. The average molecular weight is 565 g/mol. The van der Waals surface area contributed by atoms with E-state index in [-0.39, 0.29) is 17.2 Å². The summed E-state index contributed by atoms with van der Waals surface area (Å²) in [7, 11) is 4.61. The predicted octanol–water partition coefficient (Wildman–Crippen LogP) is 4.59. The number of nitrogens with one attached hydrogen (secondary N) is 1. The molecule has 0 radical (unpaired) electrons. The number of aromatic nitrogens is 2. The van der Waals surface area contributed by atoms with Crippen molar-refractivity contribution < 1.29 is 19.0 Å². The molecule has 0 bridgehead atoms. The molecule has 4 aromatic rings. The normalized spacial score (nSPS) is 12.9. The van der Waals surface area contributed by atoms with Gasteiger partial charge in [-0.25, -0.2) is 10.4 Å². The molecule has 0 unspecified atom stereocenters. The molecular weight excluding hydrogens is 536 g/mol. The number of nitrogens with zero attached hydrogens (tertiary/aromatic N) is 3. The minimum Gasteiger partial charge on any atom is -0.496 e. The van der Waals surface area contributed by atoms with Gasteiger partial charge in [-0.1, -0.05) is 30.0 Å². The van der Waals surface area contributed by atoms with E-state index < -0.39 is 0 Å². The van der Waals surface area contributed by atoms with Crippen LogP contribution in [-0.2, 0) is 17.6 Å². The summed E-state index contributed by atoms with van der Waals surface area (Å²) < 4.78 is 17.7. The molecular formula is C28H28N4O5S2. The standard InChI is InChI=1S/C28H28N4O5S2/c1-35-18-13-21(36-2)20(22(14-18)37-3)15-29-31-24(33)16-38-28-30-26-25(19-11-7-8-12-23(19)39-26)27(34)32(28)17-9-5-4-6-10-17/h4-6,9-10,13-15H,7-8,11-12,16H2,1-3H3,(H,31,33). The van der Waals surface area contributed by atoms with Crippen LogP contribution in [0, 0.1) is 0 Å². The fourth-order valence-corrected chi connectivity index (χ4v) is 6.69. The monoisotopic (exact) mass is 564 g/mol. The predicted molar refractivity (Wildman–Crippen MR) is 154 cm³/mol. The second-order valence-electron chi connectivity index (χ2n) is 8.79. The number of methoxy groups -OCH3 is 3. The summed E-state index contributed by atoms with van der Waals surface area (Å²) in [5.41, 5.74) is 4.85. The third kappa shape index (κ3) is 5.50. The van der Waals surface area contributed by atoms with E-state index in [1.807, 2.05) is 30.3 Å². The highest BCUT2D eigenvalue weighted by Gasteiger charge is 2.23. The second-order valence-corrected chi connectivity index (χ2v) is 10.8. The fourth-order valence-electron chi connectivity index (χ4n) is 4.58. The lowest BCUT2D eigenvalue weighted by Crippen LogP contribution is -2.24. The minimum absolute atomic E-state index is 0.0179. The van der Waals surface area contributed by atoms with Crippen molar-refractivity contribution in [3.63, 3.8) is 0 Å². The maximum Gasteiger partial charge on any atom is 0.267 e. The van der Waals surface area contributed by atoms with Gasteiger partial charge in [0.2, 0.25) is 0 Å². The lowest BCUT2D eigenvalue weighted by molar-refractivity contribution is -0.118. The van der Waals surface area contributed by atoms with Gasteiger partial charge in [0.15, 0.2) is 5.16 Å². The van der Waals surface area contributed by atoms with Crippen LogP contribution in [0.15, 0.2) is 57.5 Å². The van der Waals surface area contributed by atoms with Crippen molar-refractivity contribution in [2.75, 3.05) is 27.1 Å². The van der Waals surface area contributed by atoms with Crippen LogP contribution in [0.5, 0.6) is 17.2 Å². The summed E-state index contributed by atoms with van der Waals surface area (Å²) in [6.45, 7) is 0. The first kappa shape index (κ1) is 26.8. The number of thiophene rings is 1. The average Bonchev–Trinajstić information content (AvgIpc) is 3.35. The van der Waals surface area contributed by atoms with Gasteiger partial charge >= 0.3 is 0 Å². The molecule has 9 nitrogen and oxygen atoms in total. The third-order valence-corrected chi connectivity index (χ3v) is 8.57. The Balaban J connectivity index is 1.39. The highest BCUT2D eigenvalue weighted by Crippen LogP contribution is 2.35. The largest absolute Gasteiger partial charge is 0.496 e. The van der Waals surface area contributed by atoms with Gasteiger partial charge in [-0.15, -0.1) is 11.3 Å². The molecule has 202 valence electrons. The Morgan fingerprint density at radius 1 is 1.10 bits per heavy atom. The fraction of sp³-hybridized carbons (Fsp3) is 0.286. The smallest absolute Gasteiger partial charge is 0.267 e. The number of benzene rings is 2. The summed E-state index contributed by atoms with van der Waals surface area (Å²) in [5.74, 6) is 1.22. The van der Waals surface area contributed by atoms with Crippen LogP contribution in [0.4, 0.5) is 0 Å². The lowest BCUT2D eigenvalue weighted by Gasteiger charge is -2.13. The molecule has 2 heterocycles. The zero-order valence-electron chi connectivity index (χ0n) is 21.9. The van der Waals surface area contributed by atoms with Gasteiger partial charge in [0.1, 0.15) is 22.1 Å². The summed E-state index contributed by atoms with van der Waals surface area (Å²) in [4.78, 5) is 33.4. The van der Waals surface area contributed by atoms with E-state index >= 15 is 0 Å². The minimum atomic E-state index is -0.345. The molecule has 2 aromatic carbocycles. The lowest BCUT2D eigenvalue weighted by atomic mass is 9.97. The molecule has 1 aliphatic rings. The number of para-hydroxylation sites is 1.